The highest BCUT2D eigenvalue weighted by Gasteiger charge is 2.29. The molecular formula is C22H33ClN4O5. The summed E-state index contributed by atoms with van der Waals surface area (Å²) in [5.41, 5.74) is 4.31. The molecule has 0 radical (unpaired) electrons. The SMILES string of the molecule is CC(C)(C)OC(=O)N[C@@H]1CCC[C@H](C(=O)NNc2cc(C(=O)OC(C)(C)C)cc(Cl)n2)C1. The van der Waals surface area contributed by atoms with Gasteiger partial charge in [-0.25, -0.2) is 14.6 Å². The Balaban J connectivity index is 1.93. The third-order valence-electron chi connectivity index (χ3n) is 4.51. The molecule has 0 spiro atoms. The fraction of sp³-hybridized carbons (Fsp3) is 0.636. The molecule has 0 bridgehead atoms. The van der Waals surface area contributed by atoms with Crippen LogP contribution >= 0.6 is 11.6 Å². The molecule has 1 heterocycles. The van der Waals surface area contributed by atoms with E-state index < -0.39 is 23.3 Å². The summed E-state index contributed by atoms with van der Waals surface area (Å²) in [6.45, 7) is 10.7. The Hall–Kier alpha value is -2.55. The Morgan fingerprint density at radius 1 is 1.03 bits per heavy atom. The molecule has 10 heteroatoms. The summed E-state index contributed by atoms with van der Waals surface area (Å²) in [6.07, 6.45) is 2.30. The van der Waals surface area contributed by atoms with Crippen LogP contribution in [0, 0.1) is 5.92 Å². The number of esters is 1. The molecule has 3 N–H and O–H groups in total. The van der Waals surface area contributed by atoms with E-state index >= 15 is 0 Å². The predicted molar refractivity (Wildman–Crippen MR) is 121 cm³/mol. The lowest BCUT2D eigenvalue weighted by atomic mass is 9.85. The van der Waals surface area contributed by atoms with Crippen LogP contribution in [0.1, 0.15) is 77.6 Å². The lowest BCUT2D eigenvalue weighted by Gasteiger charge is -2.30. The number of anilines is 1. The Morgan fingerprint density at radius 2 is 1.69 bits per heavy atom. The largest absolute Gasteiger partial charge is 0.456 e. The van der Waals surface area contributed by atoms with Gasteiger partial charge in [0, 0.05) is 12.0 Å². The van der Waals surface area contributed by atoms with Crippen molar-refractivity contribution >= 4 is 35.4 Å². The van der Waals surface area contributed by atoms with Gasteiger partial charge in [0.15, 0.2) is 0 Å². The third kappa shape index (κ3) is 8.90. The Morgan fingerprint density at radius 3 is 2.31 bits per heavy atom. The first-order chi connectivity index (χ1) is 14.7. The first-order valence-corrected chi connectivity index (χ1v) is 11.1. The summed E-state index contributed by atoms with van der Waals surface area (Å²) in [5.74, 6) is -0.854. The lowest BCUT2D eigenvalue weighted by molar-refractivity contribution is -0.125. The first kappa shape index (κ1) is 25.7. The number of hydrogen-bond acceptors (Lipinski definition) is 7. The molecule has 2 rings (SSSR count). The van der Waals surface area contributed by atoms with E-state index in [0.29, 0.717) is 12.8 Å². The van der Waals surface area contributed by atoms with Crippen molar-refractivity contribution < 1.29 is 23.9 Å². The quantitative estimate of drug-likeness (QED) is 0.336. The van der Waals surface area contributed by atoms with Crippen LogP contribution in [-0.2, 0) is 14.3 Å². The maximum Gasteiger partial charge on any atom is 0.407 e. The molecule has 1 aromatic heterocycles. The Kier molecular flexibility index (Phi) is 8.34. The first-order valence-electron chi connectivity index (χ1n) is 10.7. The van der Waals surface area contributed by atoms with Gasteiger partial charge in [-0.1, -0.05) is 18.0 Å². The molecule has 178 valence electrons. The normalized spacial score (nSPS) is 19.0. The molecule has 2 amide bonds. The van der Waals surface area contributed by atoms with Gasteiger partial charge >= 0.3 is 12.1 Å². The van der Waals surface area contributed by atoms with Gasteiger partial charge in [0.2, 0.25) is 5.91 Å². The molecule has 1 aliphatic rings. The molecular weight excluding hydrogens is 436 g/mol. The van der Waals surface area contributed by atoms with Crippen LogP contribution in [0.2, 0.25) is 5.15 Å². The second kappa shape index (κ2) is 10.4. The van der Waals surface area contributed by atoms with E-state index in [1.54, 1.807) is 41.5 Å². The summed E-state index contributed by atoms with van der Waals surface area (Å²) in [5, 5.41) is 2.92. The van der Waals surface area contributed by atoms with Crippen molar-refractivity contribution in [1.29, 1.82) is 0 Å². The van der Waals surface area contributed by atoms with Gasteiger partial charge in [0.25, 0.3) is 0 Å². The molecule has 1 aromatic rings. The number of amides is 2. The van der Waals surface area contributed by atoms with E-state index in [1.165, 1.54) is 12.1 Å². The number of rotatable bonds is 5. The number of ether oxygens (including phenoxy) is 2. The van der Waals surface area contributed by atoms with Crippen molar-refractivity contribution in [1.82, 2.24) is 15.7 Å². The summed E-state index contributed by atoms with van der Waals surface area (Å²) in [4.78, 5) is 41.0. The maximum absolute atomic E-state index is 12.7. The minimum absolute atomic E-state index is 0.0874. The number of pyridine rings is 1. The fourth-order valence-corrected chi connectivity index (χ4v) is 3.49. The summed E-state index contributed by atoms with van der Waals surface area (Å²) in [7, 11) is 0. The van der Waals surface area contributed by atoms with Crippen LogP contribution in [0.4, 0.5) is 10.6 Å². The number of carbonyl (C=O) groups excluding carboxylic acids is 3. The zero-order chi connectivity index (χ0) is 24.1. The van der Waals surface area contributed by atoms with Gasteiger partial charge in [-0.3, -0.25) is 15.6 Å². The molecule has 0 unspecified atom stereocenters. The number of nitrogens with zero attached hydrogens (tertiary/aromatic N) is 1. The second-order valence-corrected chi connectivity index (χ2v) is 10.3. The molecule has 0 aromatic carbocycles. The van der Waals surface area contributed by atoms with Crippen molar-refractivity contribution in [3.63, 3.8) is 0 Å². The van der Waals surface area contributed by atoms with Crippen molar-refractivity contribution in [2.75, 3.05) is 5.43 Å². The molecule has 0 saturated heterocycles. The highest BCUT2D eigenvalue weighted by atomic mass is 35.5. The molecule has 32 heavy (non-hydrogen) atoms. The minimum atomic E-state index is -0.653. The molecule has 0 aliphatic heterocycles. The fourth-order valence-electron chi connectivity index (χ4n) is 3.28. The number of hydrazine groups is 1. The molecule has 1 fully saturated rings. The highest BCUT2D eigenvalue weighted by Crippen LogP contribution is 2.25. The van der Waals surface area contributed by atoms with Gasteiger partial charge in [-0.2, -0.15) is 0 Å². The predicted octanol–water partition coefficient (Wildman–Crippen LogP) is 4.22. The number of alkyl carbamates (subject to hydrolysis) is 1. The van der Waals surface area contributed by atoms with E-state index in [1.807, 2.05) is 0 Å². The minimum Gasteiger partial charge on any atom is -0.456 e. The van der Waals surface area contributed by atoms with Crippen molar-refractivity contribution in [3.8, 4) is 0 Å². The smallest absolute Gasteiger partial charge is 0.407 e. The summed E-state index contributed by atoms with van der Waals surface area (Å²) < 4.78 is 10.6. The molecule has 1 aliphatic carbocycles. The van der Waals surface area contributed by atoms with Crippen LogP contribution in [0.15, 0.2) is 12.1 Å². The van der Waals surface area contributed by atoms with Crippen molar-refractivity contribution in [2.24, 2.45) is 5.92 Å². The number of nitrogens with one attached hydrogen (secondary N) is 3. The van der Waals surface area contributed by atoms with E-state index in [2.05, 4.69) is 21.2 Å². The van der Waals surface area contributed by atoms with Crippen molar-refractivity contribution in [2.45, 2.75) is 84.5 Å². The maximum atomic E-state index is 12.7. The third-order valence-corrected chi connectivity index (χ3v) is 4.70. The molecule has 2 atom stereocenters. The molecule has 9 nitrogen and oxygen atoms in total. The van der Waals surface area contributed by atoms with Crippen LogP contribution in [0.25, 0.3) is 0 Å². The monoisotopic (exact) mass is 468 g/mol. The Bertz CT molecular complexity index is 848. The van der Waals surface area contributed by atoms with E-state index in [9.17, 15) is 14.4 Å². The van der Waals surface area contributed by atoms with Crippen LogP contribution < -0.4 is 16.2 Å². The highest BCUT2D eigenvalue weighted by molar-refractivity contribution is 6.29. The number of hydrogen-bond donors (Lipinski definition) is 3. The van der Waals surface area contributed by atoms with Crippen LogP contribution in [-0.4, -0.2) is 40.2 Å². The summed E-state index contributed by atoms with van der Waals surface area (Å²) >= 11 is 6.02. The van der Waals surface area contributed by atoms with E-state index in [0.717, 1.165) is 12.8 Å². The van der Waals surface area contributed by atoms with Gasteiger partial charge in [-0.15, -0.1) is 0 Å². The second-order valence-electron chi connectivity index (χ2n) is 9.89. The zero-order valence-electron chi connectivity index (χ0n) is 19.5. The number of halogens is 1. The standard InChI is InChI=1S/C22H33ClN4O5/c1-21(2,3)31-19(29)14-11-16(23)25-17(12-14)26-27-18(28)13-8-7-9-15(10-13)24-20(30)32-22(4,5)6/h11-13,15H,7-10H2,1-6H3,(H,24,30)(H,25,26)(H,27,28)/t13-,15+/m0/s1. The van der Waals surface area contributed by atoms with Gasteiger partial charge in [0.05, 0.1) is 5.56 Å². The van der Waals surface area contributed by atoms with Crippen LogP contribution in [0.5, 0.6) is 0 Å². The zero-order valence-corrected chi connectivity index (χ0v) is 20.3. The number of carbonyl (C=O) groups is 3. The average Bonchev–Trinajstić information content (AvgIpc) is 2.63. The van der Waals surface area contributed by atoms with Crippen molar-refractivity contribution in [3.05, 3.63) is 22.8 Å². The summed E-state index contributed by atoms with van der Waals surface area (Å²) in [6, 6.07) is 2.71. The van der Waals surface area contributed by atoms with Gasteiger partial charge in [-0.05, 0) is 72.9 Å². The van der Waals surface area contributed by atoms with Gasteiger partial charge in [0.1, 0.15) is 22.2 Å². The van der Waals surface area contributed by atoms with Gasteiger partial charge < -0.3 is 14.8 Å². The van der Waals surface area contributed by atoms with Crippen LogP contribution in [0.3, 0.4) is 0 Å². The van der Waals surface area contributed by atoms with E-state index in [4.69, 9.17) is 21.1 Å². The average molecular weight is 469 g/mol. The van der Waals surface area contributed by atoms with E-state index in [-0.39, 0.29) is 34.4 Å². The molecule has 1 saturated carbocycles. The number of aromatic nitrogens is 1. The Labute approximate surface area is 193 Å². The topological polar surface area (TPSA) is 119 Å². The lowest BCUT2D eigenvalue weighted by Crippen LogP contribution is -2.45.